The van der Waals surface area contributed by atoms with E-state index in [1.54, 1.807) is 0 Å². The molecule has 1 saturated heterocycles. The molecule has 0 aromatic carbocycles. The summed E-state index contributed by atoms with van der Waals surface area (Å²) in [7, 11) is 1.87. The molecule has 0 amide bonds. The maximum atomic E-state index is 4.46. The molecule has 1 fully saturated rings. The Bertz CT molecular complexity index is 459. The number of halogens is 1. The van der Waals surface area contributed by atoms with Crippen LogP contribution in [0.5, 0.6) is 0 Å². The van der Waals surface area contributed by atoms with Crippen LogP contribution in [0.15, 0.2) is 29.4 Å². The molecule has 0 aliphatic carbocycles. The maximum Gasteiger partial charge on any atom is 0.193 e. The number of likely N-dealkylation sites (tertiary alicyclic amines) is 1. The first kappa shape index (κ1) is 19.2. The molecule has 1 N–H and O–H groups in total. The number of rotatable bonds is 4. The minimum atomic E-state index is 0. The van der Waals surface area contributed by atoms with Gasteiger partial charge in [0.2, 0.25) is 0 Å². The highest BCUT2D eigenvalue weighted by atomic mass is 127. The summed E-state index contributed by atoms with van der Waals surface area (Å²) in [6.45, 7) is 7.62. The first-order valence-corrected chi connectivity index (χ1v) is 8.02. The molecule has 1 aromatic rings. The van der Waals surface area contributed by atoms with Crippen molar-refractivity contribution >= 4 is 29.9 Å². The molecule has 0 bridgehead atoms. The molecule has 1 aromatic heterocycles. The monoisotopic (exact) mass is 416 g/mol. The van der Waals surface area contributed by atoms with Gasteiger partial charge in [0.15, 0.2) is 5.96 Å². The SMILES string of the molecule is CCCC1(C)CCCN(C(=NC)NCc2ccccn2)C1.I. The molecule has 22 heavy (non-hydrogen) atoms. The van der Waals surface area contributed by atoms with E-state index >= 15 is 0 Å². The number of nitrogens with one attached hydrogen (secondary N) is 1. The lowest BCUT2D eigenvalue weighted by atomic mass is 9.78. The maximum absolute atomic E-state index is 4.46. The van der Waals surface area contributed by atoms with Crippen LogP contribution in [0.25, 0.3) is 0 Å². The average Bonchev–Trinajstić information content (AvgIpc) is 2.49. The summed E-state index contributed by atoms with van der Waals surface area (Å²) in [6.07, 6.45) is 6.96. The Morgan fingerprint density at radius 1 is 1.45 bits per heavy atom. The molecule has 0 saturated carbocycles. The van der Waals surface area contributed by atoms with Gasteiger partial charge in [0.25, 0.3) is 0 Å². The lowest BCUT2D eigenvalue weighted by molar-refractivity contribution is 0.142. The van der Waals surface area contributed by atoms with Crippen LogP contribution in [0.3, 0.4) is 0 Å². The number of pyridine rings is 1. The highest BCUT2D eigenvalue weighted by Crippen LogP contribution is 2.33. The molecular formula is C17H29IN4. The van der Waals surface area contributed by atoms with Crippen LogP contribution in [-0.2, 0) is 6.54 Å². The first-order chi connectivity index (χ1) is 10.2. The highest BCUT2D eigenvalue weighted by Gasteiger charge is 2.31. The summed E-state index contributed by atoms with van der Waals surface area (Å²) in [4.78, 5) is 11.2. The van der Waals surface area contributed by atoms with Gasteiger partial charge < -0.3 is 10.2 Å². The summed E-state index contributed by atoms with van der Waals surface area (Å²) in [5.74, 6) is 1.00. The van der Waals surface area contributed by atoms with Crippen LogP contribution in [0.1, 0.15) is 45.2 Å². The Labute approximate surface area is 151 Å². The van der Waals surface area contributed by atoms with Gasteiger partial charge in [-0.2, -0.15) is 0 Å². The number of guanidine groups is 1. The second-order valence-electron chi connectivity index (χ2n) is 6.31. The Morgan fingerprint density at radius 3 is 2.91 bits per heavy atom. The van der Waals surface area contributed by atoms with Crippen molar-refractivity contribution in [1.29, 1.82) is 0 Å². The van der Waals surface area contributed by atoms with Crippen molar-refractivity contribution in [3.05, 3.63) is 30.1 Å². The number of nitrogens with zero attached hydrogens (tertiary/aromatic N) is 3. The minimum absolute atomic E-state index is 0. The van der Waals surface area contributed by atoms with Crippen molar-refractivity contribution in [1.82, 2.24) is 15.2 Å². The molecule has 0 spiro atoms. The summed E-state index contributed by atoms with van der Waals surface area (Å²) >= 11 is 0. The summed E-state index contributed by atoms with van der Waals surface area (Å²) < 4.78 is 0. The van der Waals surface area contributed by atoms with Gasteiger partial charge in [-0.3, -0.25) is 9.98 Å². The van der Waals surface area contributed by atoms with Crippen LogP contribution in [-0.4, -0.2) is 36.0 Å². The highest BCUT2D eigenvalue weighted by molar-refractivity contribution is 14.0. The van der Waals surface area contributed by atoms with Gasteiger partial charge in [-0.25, -0.2) is 0 Å². The van der Waals surface area contributed by atoms with E-state index in [4.69, 9.17) is 0 Å². The van der Waals surface area contributed by atoms with Crippen molar-refractivity contribution in [3.63, 3.8) is 0 Å². The van der Waals surface area contributed by atoms with Crippen molar-refractivity contribution in [3.8, 4) is 0 Å². The van der Waals surface area contributed by atoms with Gasteiger partial charge in [0, 0.05) is 26.3 Å². The van der Waals surface area contributed by atoms with Crippen LogP contribution in [0.2, 0.25) is 0 Å². The van der Waals surface area contributed by atoms with E-state index in [1.807, 2.05) is 31.4 Å². The normalized spacial score (nSPS) is 22.1. The van der Waals surface area contributed by atoms with Gasteiger partial charge in [0.1, 0.15) is 0 Å². The molecule has 1 unspecified atom stereocenters. The van der Waals surface area contributed by atoms with Crippen molar-refractivity contribution in [2.24, 2.45) is 10.4 Å². The number of aliphatic imine (C=N–C) groups is 1. The van der Waals surface area contributed by atoms with E-state index in [0.29, 0.717) is 5.41 Å². The predicted octanol–water partition coefficient (Wildman–Crippen LogP) is 3.68. The molecule has 2 rings (SSSR count). The fourth-order valence-electron chi connectivity index (χ4n) is 3.31. The Hall–Kier alpha value is -0.850. The van der Waals surface area contributed by atoms with Crippen molar-refractivity contribution < 1.29 is 0 Å². The molecule has 1 atom stereocenters. The van der Waals surface area contributed by atoms with Gasteiger partial charge in [0.05, 0.1) is 12.2 Å². The number of hydrogen-bond donors (Lipinski definition) is 1. The fraction of sp³-hybridized carbons (Fsp3) is 0.647. The molecule has 0 radical (unpaired) electrons. The van der Waals surface area contributed by atoms with Crippen LogP contribution in [0, 0.1) is 5.41 Å². The molecule has 4 nitrogen and oxygen atoms in total. The summed E-state index contributed by atoms with van der Waals surface area (Å²) in [6, 6.07) is 6.00. The third-order valence-corrected chi connectivity index (χ3v) is 4.30. The van der Waals surface area contributed by atoms with Crippen LogP contribution >= 0.6 is 24.0 Å². The summed E-state index contributed by atoms with van der Waals surface area (Å²) in [5, 5.41) is 3.45. The zero-order valence-electron chi connectivity index (χ0n) is 14.0. The Balaban J connectivity index is 0.00000242. The Morgan fingerprint density at radius 2 is 2.27 bits per heavy atom. The zero-order valence-corrected chi connectivity index (χ0v) is 16.3. The van der Waals surface area contributed by atoms with E-state index in [0.717, 1.165) is 31.3 Å². The molecule has 124 valence electrons. The second kappa shape index (κ2) is 9.33. The van der Waals surface area contributed by atoms with E-state index in [1.165, 1.54) is 25.7 Å². The Kier molecular flexibility index (Phi) is 8.14. The number of piperidine rings is 1. The first-order valence-electron chi connectivity index (χ1n) is 8.02. The molecule has 2 heterocycles. The van der Waals surface area contributed by atoms with Gasteiger partial charge in [-0.1, -0.05) is 26.3 Å². The fourth-order valence-corrected chi connectivity index (χ4v) is 3.31. The average molecular weight is 416 g/mol. The number of hydrogen-bond acceptors (Lipinski definition) is 2. The third kappa shape index (κ3) is 5.41. The van der Waals surface area contributed by atoms with Crippen LogP contribution < -0.4 is 5.32 Å². The minimum Gasteiger partial charge on any atom is -0.351 e. The quantitative estimate of drug-likeness (QED) is 0.463. The second-order valence-corrected chi connectivity index (χ2v) is 6.31. The van der Waals surface area contributed by atoms with E-state index in [-0.39, 0.29) is 24.0 Å². The van der Waals surface area contributed by atoms with Crippen molar-refractivity contribution in [2.45, 2.75) is 46.1 Å². The molecule has 1 aliphatic heterocycles. The van der Waals surface area contributed by atoms with E-state index in [9.17, 15) is 0 Å². The van der Waals surface area contributed by atoms with Gasteiger partial charge >= 0.3 is 0 Å². The van der Waals surface area contributed by atoms with Crippen LogP contribution in [0.4, 0.5) is 0 Å². The molecule has 1 aliphatic rings. The zero-order chi connectivity index (χ0) is 15.1. The molecule has 5 heteroatoms. The molecular weight excluding hydrogens is 387 g/mol. The lowest BCUT2D eigenvalue weighted by Crippen LogP contribution is -2.49. The van der Waals surface area contributed by atoms with E-state index in [2.05, 4.69) is 34.0 Å². The standard InChI is InChI=1S/C17H28N4.HI/c1-4-9-17(2)10-7-12-21(14-17)16(18-3)20-13-15-8-5-6-11-19-15;/h5-6,8,11H,4,7,9-10,12-14H2,1-3H3,(H,18,20);1H. The third-order valence-electron chi connectivity index (χ3n) is 4.30. The van der Waals surface area contributed by atoms with E-state index < -0.39 is 0 Å². The van der Waals surface area contributed by atoms with Gasteiger partial charge in [-0.15, -0.1) is 24.0 Å². The predicted molar refractivity (Wildman–Crippen MR) is 104 cm³/mol. The smallest absolute Gasteiger partial charge is 0.193 e. The topological polar surface area (TPSA) is 40.5 Å². The number of aromatic nitrogens is 1. The van der Waals surface area contributed by atoms with Gasteiger partial charge in [-0.05, 0) is 36.8 Å². The summed E-state index contributed by atoms with van der Waals surface area (Å²) in [5.41, 5.74) is 1.47. The van der Waals surface area contributed by atoms with Crippen molar-refractivity contribution in [2.75, 3.05) is 20.1 Å². The largest absolute Gasteiger partial charge is 0.351 e. The lowest BCUT2D eigenvalue weighted by Gasteiger charge is -2.42.